The molecular weight excluding hydrogens is 473 g/mol. The summed E-state index contributed by atoms with van der Waals surface area (Å²) in [6, 6.07) is 6.34. The van der Waals surface area contributed by atoms with Gasteiger partial charge in [-0.1, -0.05) is 11.6 Å². The number of rotatable bonds is 11. The van der Waals surface area contributed by atoms with E-state index in [2.05, 4.69) is 10.2 Å². The fraction of sp³-hybridized carbons (Fsp3) is 0.364. The second-order valence-electron chi connectivity index (χ2n) is 6.48. The lowest BCUT2D eigenvalue weighted by atomic mass is 10.2. The van der Waals surface area contributed by atoms with Crippen LogP contribution in [0.2, 0.25) is 5.02 Å². The number of carbonyl (C=O) groups excluding carboxylic acids is 2. The zero-order valence-electron chi connectivity index (χ0n) is 18.9. The molecule has 0 saturated heterocycles. The third kappa shape index (κ3) is 6.27. The van der Waals surface area contributed by atoms with Crippen molar-refractivity contribution >= 4 is 46.4 Å². The van der Waals surface area contributed by atoms with Crippen LogP contribution in [-0.4, -0.2) is 45.2 Å². The number of nitrogens with zero attached hydrogens (tertiary/aromatic N) is 3. The highest BCUT2D eigenvalue weighted by Crippen LogP contribution is 2.41. The smallest absolute Gasteiger partial charge is 0.276 e. The Morgan fingerprint density at radius 1 is 1.00 bits per heavy atom. The molecule has 0 aliphatic rings. The highest BCUT2D eigenvalue weighted by atomic mass is 35.5. The molecule has 1 amide bonds. The van der Waals surface area contributed by atoms with Crippen molar-refractivity contribution < 1.29 is 28.5 Å². The Morgan fingerprint density at radius 2 is 1.64 bits per heavy atom. The SMILES string of the molecule is CCOc1ccc(N(Cl)C(=O)C(N=Nc2ccc(OC)c(Cl)c2OC)C(C)=O)cc1OCC. The fourth-order valence-electron chi connectivity index (χ4n) is 2.78. The summed E-state index contributed by atoms with van der Waals surface area (Å²) in [6.45, 7) is 5.70. The predicted molar refractivity (Wildman–Crippen MR) is 126 cm³/mol. The van der Waals surface area contributed by atoms with Gasteiger partial charge in [0.05, 0.1) is 33.1 Å². The summed E-state index contributed by atoms with van der Waals surface area (Å²) < 4.78 is 22.3. The zero-order valence-corrected chi connectivity index (χ0v) is 20.4. The van der Waals surface area contributed by atoms with Gasteiger partial charge in [0, 0.05) is 17.8 Å². The van der Waals surface area contributed by atoms with E-state index in [9.17, 15) is 9.59 Å². The first-order chi connectivity index (χ1) is 15.8. The van der Waals surface area contributed by atoms with Crippen molar-refractivity contribution in [3.63, 3.8) is 0 Å². The fourth-order valence-corrected chi connectivity index (χ4v) is 3.29. The van der Waals surface area contributed by atoms with E-state index in [4.69, 9.17) is 42.3 Å². The monoisotopic (exact) mass is 497 g/mol. The summed E-state index contributed by atoms with van der Waals surface area (Å²) >= 11 is 12.5. The molecule has 1 atom stereocenters. The average molecular weight is 498 g/mol. The average Bonchev–Trinajstić information content (AvgIpc) is 2.80. The van der Waals surface area contributed by atoms with Gasteiger partial charge in [0.1, 0.15) is 16.5 Å². The molecule has 0 N–H and O–H groups in total. The van der Waals surface area contributed by atoms with Gasteiger partial charge < -0.3 is 18.9 Å². The Bertz CT molecular complexity index is 1030. The summed E-state index contributed by atoms with van der Waals surface area (Å²) in [5.41, 5.74) is 0.489. The first-order valence-corrected chi connectivity index (χ1v) is 10.7. The molecule has 2 rings (SSSR count). The Kier molecular flexibility index (Phi) is 9.74. The van der Waals surface area contributed by atoms with Crippen molar-refractivity contribution in [3.8, 4) is 23.0 Å². The van der Waals surface area contributed by atoms with Gasteiger partial charge >= 0.3 is 0 Å². The third-order valence-electron chi connectivity index (χ3n) is 4.31. The Balaban J connectivity index is 2.35. The molecule has 2 aromatic rings. The van der Waals surface area contributed by atoms with Crippen LogP contribution in [0.15, 0.2) is 40.6 Å². The molecule has 2 aromatic carbocycles. The van der Waals surface area contributed by atoms with Crippen LogP contribution < -0.4 is 23.4 Å². The number of hydrogen-bond donors (Lipinski definition) is 0. The summed E-state index contributed by atoms with van der Waals surface area (Å²) in [7, 11) is 2.86. The lowest BCUT2D eigenvalue weighted by molar-refractivity contribution is -0.126. The largest absolute Gasteiger partial charge is 0.495 e. The van der Waals surface area contributed by atoms with Crippen molar-refractivity contribution in [2.24, 2.45) is 10.2 Å². The number of hydrogen-bond acceptors (Lipinski definition) is 8. The number of ether oxygens (including phenoxy) is 4. The van der Waals surface area contributed by atoms with Gasteiger partial charge in [-0.3, -0.25) is 9.59 Å². The molecule has 11 heteroatoms. The Labute approximate surface area is 202 Å². The van der Waals surface area contributed by atoms with E-state index < -0.39 is 17.7 Å². The maximum atomic E-state index is 13.0. The predicted octanol–water partition coefficient (Wildman–Crippen LogP) is 5.38. The van der Waals surface area contributed by atoms with Crippen molar-refractivity contribution in [2.75, 3.05) is 31.9 Å². The molecular formula is C22H25Cl2N3O6. The van der Waals surface area contributed by atoms with Crippen LogP contribution in [0.4, 0.5) is 11.4 Å². The maximum Gasteiger partial charge on any atom is 0.276 e. The van der Waals surface area contributed by atoms with Gasteiger partial charge in [-0.15, -0.1) is 0 Å². The molecule has 0 radical (unpaired) electrons. The minimum atomic E-state index is -1.49. The number of azo groups is 1. The lowest BCUT2D eigenvalue weighted by Gasteiger charge is -2.19. The highest BCUT2D eigenvalue weighted by Gasteiger charge is 2.29. The molecule has 0 heterocycles. The number of methoxy groups -OCH3 is 2. The quantitative estimate of drug-likeness (QED) is 0.234. The Morgan fingerprint density at radius 3 is 2.21 bits per heavy atom. The first-order valence-electron chi connectivity index (χ1n) is 10.00. The Hall–Kier alpha value is -3.04. The molecule has 178 valence electrons. The van der Waals surface area contributed by atoms with Gasteiger partial charge in [-0.05, 0) is 45.0 Å². The molecule has 0 aliphatic heterocycles. The van der Waals surface area contributed by atoms with Crippen molar-refractivity contribution in [1.82, 2.24) is 0 Å². The van der Waals surface area contributed by atoms with Crippen LogP contribution in [0.3, 0.4) is 0 Å². The molecule has 1 unspecified atom stereocenters. The van der Waals surface area contributed by atoms with Crippen LogP contribution in [0.25, 0.3) is 0 Å². The molecule has 33 heavy (non-hydrogen) atoms. The molecule has 0 bridgehead atoms. The second-order valence-corrected chi connectivity index (χ2v) is 7.19. The number of amides is 1. The van der Waals surface area contributed by atoms with Crippen LogP contribution >= 0.6 is 23.4 Å². The normalized spacial score (nSPS) is 11.7. The van der Waals surface area contributed by atoms with E-state index in [0.29, 0.717) is 30.5 Å². The summed E-state index contributed by atoms with van der Waals surface area (Å²) in [4.78, 5) is 25.2. The molecule has 9 nitrogen and oxygen atoms in total. The summed E-state index contributed by atoms with van der Waals surface area (Å²) in [5, 5.41) is 8.10. The first kappa shape index (κ1) is 26.2. The van der Waals surface area contributed by atoms with Gasteiger partial charge in [0.15, 0.2) is 23.0 Å². The number of Topliss-reactive ketones (excluding diaryl/α,β-unsaturated/α-hetero) is 1. The topological polar surface area (TPSA) is 99.0 Å². The van der Waals surface area contributed by atoms with E-state index in [-0.39, 0.29) is 22.1 Å². The minimum Gasteiger partial charge on any atom is -0.495 e. The zero-order chi connectivity index (χ0) is 24.5. The van der Waals surface area contributed by atoms with Gasteiger partial charge in [-0.25, -0.2) is 4.42 Å². The van der Waals surface area contributed by atoms with Crippen LogP contribution in [-0.2, 0) is 9.59 Å². The van der Waals surface area contributed by atoms with E-state index in [1.54, 1.807) is 24.3 Å². The van der Waals surface area contributed by atoms with E-state index >= 15 is 0 Å². The number of ketones is 1. The summed E-state index contributed by atoms with van der Waals surface area (Å²) in [5.74, 6) is 0.132. The van der Waals surface area contributed by atoms with Crippen molar-refractivity contribution in [1.29, 1.82) is 0 Å². The maximum absolute atomic E-state index is 13.0. The molecule has 0 spiro atoms. The van der Waals surface area contributed by atoms with Crippen LogP contribution in [0, 0.1) is 0 Å². The van der Waals surface area contributed by atoms with Gasteiger partial charge in [-0.2, -0.15) is 10.2 Å². The highest BCUT2D eigenvalue weighted by molar-refractivity contribution is 6.39. The number of carbonyl (C=O) groups is 2. The standard InChI is InChI=1S/C22H25Cl2N3O6/c1-6-32-16-10-8-14(12-18(16)33-7-2)27(24)22(29)20(13(3)28)26-25-15-9-11-17(30-4)19(23)21(15)31-5/h8-12,20H,6-7H2,1-5H3. The molecule has 0 saturated carbocycles. The lowest BCUT2D eigenvalue weighted by Crippen LogP contribution is -2.36. The van der Waals surface area contributed by atoms with E-state index in [0.717, 1.165) is 4.42 Å². The van der Waals surface area contributed by atoms with Gasteiger partial charge in [0.25, 0.3) is 5.91 Å². The number of halogens is 2. The molecule has 0 aliphatic carbocycles. The van der Waals surface area contributed by atoms with E-state index in [1.807, 2.05) is 13.8 Å². The van der Waals surface area contributed by atoms with Crippen molar-refractivity contribution in [3.05, 3.63) is 35.4 Å². The second kappa shape index (κ2) is 12.3. The molecule has 0 aromatic heterocycles. The summed E-state index contributed by atoms with van der Waals surface area (Å²) in [6.07, 6.45) is 0. The van der Waals surface area contributed by atoms with Gasteiger partial charge in [0.2, 0.25) is 6.04 Å². The van der Waals surface area contributed by atoms with Crippen molar-refractivity contribution in [2.45, 2.75) is 26.8 Å². The number of anilines is 1. The van der Waals surface area contributed by atoms with E-state index in [1.165, 1.54) is 27.2 Å². The van der Waals surface area contributed by atoms with Crippen LogP contribution in [0.1, 0.15) is 20.8 Å². The van der Waals surface area contributed by atoms with Crippen LogP contribution in [0.5, 0.6) is 23.0 Å². The number of benzene rings is 2. The minimum absolute atomic E-state index is 0.180. The third-order valence-corrected chi connectivity index (χ3v) is 5.03. The molecule has 0 fully saturated rings.